The molecule has 74 valence electrons. The van der Waals surface area contributed by atoms with E-state index in [4.69, 9.17) is 0 Å². The van der Waals surface area contributed by atoms with Crippen molar-refractivity contribution in [3.63, 3.8) is 0 Å². The normalized spacial score (nSPS) is 46.7. The molecular weight excluding hydrogens is 164 g/mol. The van der Waals surface area contributed by atoms with Gasteiger partial charge in [0, 0.05) is 0 Å². The Morgan fingerprint density at radius 2 is 2.00 bits per heavy atom. The number of aliphatic carboxylic acids is 1. The van der Waals surface area contributed by atoms with Crippen molar-refractivity contribution in [2.45, 2.75) is 40.0 Å². The summed E-state index contributed by atoms with van der Waals surface area (Å²) in [7, 11) is 0. The van der Waals surface area contributed by atoms with Crippen molar-refractivity contribution < 1.29 is 9.90 Å². The van der Waals surface area contributed by atoms with Gasteiger partial charge in [0.1, 0.15) is 0 Å². The molecule has 0 unspecified atom stereocenters. The van der Waals surface area contributed by atoms with Gasteiger partial charge in [-0.05, 0) is 36.0 Å². The second kappa shape index (κ2) is 2.28. The summed E-state index contributed by atoms with van der Waals surface area (Å²) in [5.74, 6) is -0.0768. The van der Waals surface area contributed by atoms with E-state index >= 15 is 0 Å². The molecule has 2 saturated carbocycles. The van der Waals surface area contributed by atoms with Gasteiger partial charge in [-0.15, -0.1) is 0 Å². The Hall–Kier alpha value is -0.530. The zero-order valence-electron chi connectivity index (χ0n) is 8.63. The maximum absolute atomic E-state index is 11.2. The topological polar surface area (TPSA) is 37.3 Å². The summed E-state index contributed by atoms with van der Waals surface area (Å²) in [4.78, 5) is 11.2. The van der Waals surface area contributed by atoms with E-state index in [1.807, 2.05) is 0 Å². The minimum Gasteiger partial charge on any atom is -0.481 e. The van der Waals surface area contributed by atoms with Crippen LogP contribution in [0, 0.1) is 22.7 Å². The number of carboxylic acid groups (broad SMARTS) is 1. The third-order valence-electron chi connectivity index (χ3n) is 4.52. The molecule has 2 heteroatoms. The van der Waals surface area contributed by atoms with Crippen molar-refractivity contribution >= 4 is 5.97 Å². The van der Waals surface area contributed by atoms with Gasteiger partial charge >= 0.3 is 5.97 Å². The molecule has 0 aromatic heterocycles. The Morgan fingerprint density at radius 1 is 1.38 bits per heavy atom. The van der Waals surface area contributed by atoms with Gasteiger partial charge in [-0.3, -0.25) is 4.79 Å². The molecular formula is C11H18O2. The van der Waals surface area contributed by atoms with Crippen LogP contribution in [-0.2, 0) is 4.79 Å². The first-order valence-corrected chi connectivity index (χ1v) is 5.11. The van der Waals surface area contributed by atoms with Crippen LogP contribution in [0.25, 0.3) is 0 Å². The lowest BCUT2D eigenvalue weighted by Gasteiger charge is -2.39. The fourth-order valence-corrected chi connectivity index (χ4v) is 3.92. The van der Waals surface area contributed by atoms with Gasteiger partial charge in [0.25, 0.3) is 0 Å². The van der Waals surface area contributed by atoms with Crippen LogP contribution in [0.1, 0.15) is 40.0 Å². The van der Waals surface area contributed by atoms with Gasteiger partial charge in [0.15, 0.2) is 0 Å². The van der Waals surface area contributed by atoms with E-state index in [9.17, 15) is 9.90 Å². The highest BCUT2D eigenvalue weighted by molar-refractivity contribution is 5.73. The van der Waals surface area contributed by atoms with Gasteiger partial charge in [-0.1, -0.05) is 20.8 Å². The summed E-state index contributed by atoms with van der Waals surface area (Å²) in [5, 5.41) is 9.24. The molecule has 2 rings (SSSR count). The van der Waals surface area contributed by atoms with Crippen LogP contribution in [0.5, 0.6) is 0 Å². The Labute approximate surface area is 79.3 Å². The molecule has 13 heavy (non-hydrogen) atoms. The van der Waals surface area contributed by atoms with Crippen molar-refractivity contribution in [1.82, 2.24) is 0 Å². The zero-order valence-corrected chi connectivity index (χ0v) is 8.63. The fourth-order valence-electron chi connectivity index (χ4n) is 3.92. The molecule has 0 aromatic carbocycles. The number of fused-ring (bicyclic) bond motifs is 2. The number of rotatable bonds is 1. The molecule has 3 atom stereocenters. The highest BCUT2D eigenvalue weighted by atomic mass is 16.4. The summed E-state index contributed by atoms with van der Waals surface area (Å²) < 4.78 is 0. The molecule has 0 radical (unpaired) electrons. The second-order valence-electron chi connectivity index (χ2n) is 5.69. The van der Waals surface area contributed by atoms with Crippen molar-refractivity contribution in [2.75, 3.05) is 0 Å². The van der Waals surface area contributed by atoms with Gasteiger partial charge in [0.05, 0.1) is 5.92 Å². The summed E-state index contributed by atoms with van der Waals surface area (Å²) in [6.45, 7) is 6.41. The molecule has 0 spiro atoms. The zero-order chi connectivity index (χ0) is 9.85. The molecule has 2 bridgehead atoms. The lowest BCUT2D eigenvalue weighted by atomic mass is 9.64. The molecule has 0 heterocycles. The number of carboxylic acids is 1. The van der Waals surface area contributed by atoms with E-state index in [2.05, 4.69) is 20.8 Å². The van der Waals surface area contributed by atoms with Crippen molar-refractivity contribution in [3.8, 4) is 0 Å². The Morgan fingerprint density at radius 3 is 2.31 bits per heavy atom. The summed E-state index contributed by atoms with van der Waals surface area (Å²) >= 11 is 0. The SMILES string of the molecule is CC1(C)[C@H]2CC[C@](C)(C2)[C@@H]1C(=O)O. The number of carbonyl (C=O) groups is 1. The van der Waals surface area contributed by atoms with Crippen LogP contribution >= 0.6 is 0 Å². The van der Waals surface area contributed by atoms with Crippen LogP contribution in [0.15, 0.2) is 0 Å². The van der Waals surface area contributed by atoms with Crippen molar-refractivity contribution in [1.29, 1.82) is 0 Å². The van der Waals surface area contributed by atoms with Crippen LogP contribution < -0.4 is 0 Å². The smallest absolute Gasteiger partial charge is 0.307 e. The van der Waals surface area contributed by atoms with Crippen LogP contribution in [-0.4, -0.2) is 11.1 Å². The summed E-state index contributed by atoms with van der Waals surface area (Å²) in [6.07, 6.45) is 3.46. The van der Waals surface area contributed by atoms with E-state index in [1.165, 1.54) is 6.42 Å². The third-order valence-corrected chi connectivity index (χ3v) is 4.52. The summed E-state index contributed by atoms with van der Waals surface area (Å²) in [6, 6.07) is 0. The average Bonchev–Trinajstić information content (AvgIpc) is 2.36. The predicted octanol–water partition coefficient (Wildman–Crippen LogP) is 2.53. The first-order valence-electron chi connectivity index (χ1n) is 5.11. The second-order valence-corrected chi connectivity index (χ2v) is 5.69. The van der Waals surface area contributed by atoms with E-state index in [0.717, 1.165) is 12.8 Å². The quantitative estimate of drug-likeness (QED) is 0.676. The van der Waals surface area contributed by atoms with E-state index in [-0.39, 0.29) is 16.7 Å². The molecule has 0 amide bonds. The number of hydrogen-bond donors (Lipinski definition) is 1. The van der Waals surface area contributed by atoms with Gasteiger partial charge in [-0.25, -0.2) is 0 Å². The maximum Gasteiger partial charge on any atom is 0.307 e. The first kappa shape index (κ1) is 9.04. The standard InChI is InChI=1S/C11H18O2/c1-10(2)7-4-5-11(3,6-7)8(10)9(12)13/h7-8H,4-6H2,1-3H3,(H,12,13)/t7-,8+,11+/m0/s1. The minimum absolute atomic E-state index is 0.0127. The predicted molar refractivity (Wildman–Crippen MR) is 50.4 cm³/mol. The van der Waals surface area contributed by atoms with Crippen LogP contribution in [0.3, 0.4) is 0 Å². The highest BCUT2D eigenvalue weighted by Gasteiger charge is 2.62. The minimum atomic E-state index is -0.588. The molecule has 0 saturated heterocycles. The van der Waals surface area contributed by atoms with Gasteiger partial charge < -0.3 is 5.11 Å². The maximum atomic E-state index is 11.2. The molecule has 0 aromatic rings. The van der Waals surface area contributed by atoms with E-state index in [1.54, 1.807) is 0 Å². The molecule has 2 fully saturated rings. The van der Waals surface area contributed by atoms with Crippen molar-refractivity contribution in [2.24, 2.45) is 22.7 Å². The fraction of sp³-hybridized carbons (Fsp3) is 0.909. The molecule has 2 aliphatic carbocycles. The monoisotopic (exact) mass is 182 g/mol. The Bertz CT molecular complexity index is 252. The molecule has 0 aliphatic heterocycles. The van der Waals surface area contributed by atoms with E-state index in [0.29, 0.717) is 5.92 Å². The van der Waals surface area contributed by atoms with Crippen LogP contribution in [0.4, 0.5) is 0 Å². The largest absolute Gasteiger partial charge is 0.481 e. The van der Waals surface area contributed by atoms with Gasteiger partial charge in [0.2, 0.25) is 0 Å². The first-order chi connectivity index (χ1) is 5.88. The van der Waals surface area contributed by atoms with Crippen LogP contribution in [0.2, 0.25) is 0 Å². The van der Waals surface area contributed by atoms with Crippen molar-refractivity contribution in [3.05, 3.63) is 0 Å². The average molecular weight is 182 g/mol. The molecule has 1 N–H and O–H groups in total. The summed E-state index contributed by atoms with van der Waals surface area (Å²) in [5.41, 5.74) is 0.0961. The van der Waals surface area contributed by atoms with Gasteiger partial charge in [-0.2, -0.15) is 0 Å². The Kier molecular flexibility index (Phi) is 1.59. The molecule has 2 aliphatic rings. The third kappa shape index (κ3) is 0.976. The highest BCUT2D eigenvalue weighted by Crippen LogP contribution is 2.65. The molecule has 2 nitrogen and oxygen atoms in total. The lowest BCUT2D eigenvalue weighted by Crippen LogP contribution is -2.40. The number of hydrogen-bond acceptors (Lipinski definition) is 1. The Balaban J connectivity index is 2.39. The van der Waals surface area contributed by atoms with E-state index < -0.39 is 5.97 Å². The lowest BCUT2D eigenvalue weighted by molar-refractivity contribution is -0.151.